The minimum Gasteiger partial charge on any atom is -0.374 e. The van der Waals surface area contributed by atoms with E-state index in [9.17, 15) is 0 Å². The summed E-state index contributed by atoms with van der Waals surface area (Å²) < 4.78 is 5.57. The number of hydrogen-bond donors (Lipinski definition) is 0. The number of hydrogen-bond acceptors (Lipinski definition) is 2. The van der Waals surface area contributed by atoms with Crippen molar-refractivity contribution >= 4 is 84.7 Å². The minimum atomic E-state index is -0.112. The number of fused-ring (bicyclic) bond motifs is 13. The first kappa shape index (κ1) is 50.9. The van der Waals surface area contributed by atoms with Gasteiger partial charge in [0, 0.05) is 61.3 Å². The van der Waals surface area contributed by atoms with Crippen LogP contribution in [0, 0.1) is 55.4 Å². The Labute approximate surface area is 515 Å². The normalized spacial score (nSPS) is 14.0. The fraction of sp³-hybridized carbons (Fsp3) is 0.108. The Bertz CT molecular complexity index is 4860. The largest absolute Gasteiger partial charge is 0.374 e. The second-order valence-corrected chi connectivity index (χ2v) is 25.5. The molecule has 12 aromatic carbocycles. The van der Waals surface area contributed by atoms with Crippen LogP contribution in [0.25, 0.3) is 99.6 Å². The van der Waals surface area contributed by atoms with E-state index in [4.69, 9.17) is 0 Å². The fourth-order valence-electron chi connectivity index (χ4n) is 17.1. The fourth-order valence-corrected chi connectivity index (χ4v) is 17.1. The van der Waals surface area contributed by atoms with E-state index in [0.717, 1.165) is 11.4 Å². The van der Waals surface area contributed by atoms with E-state index >= 15 is 0 Å². The molecule has 14 aromatic rings. The highest BCUT2D eigenvalue weighted by atomic mass is 15.2. The maximum Gasteiger partial charge on any atom is 0.333 e. The molecule has 0 bridgehead atoms. The summed E-state index contributed by atoms with van der Waals surface area (Å²) in [5.41, 5.74) is 43.0. The Morgan fingerprint density at radius 3 is 1.24 bits per heavy atom. The molecule has 1 atom stereocenters. The van der Waals surface area contributed by atoms with Crippen LogP contribution in [0.2, 0.25) is 0 Å². The van der Waals surface area contributed by atoms with Crippen LogP contribution in [0.1, 0.15) is 61.7 Å². The van der Waals surface area contributed by atoms with Crippen LogP contribution in [0.3, 0.4) is 0 Å². The summed E-state index contributed by atoms with van der Waals surface area (Å²) in [7, 11) is 0. The summed E-state index contributed by atoms with van der Waals surface area (Å²) in [6.45, 7) is 18.0. The van der Waals surface area contributed by atoms with Gasteiger partial charge in [0.2, 0.25) is 0 Å². The SMILES string of the molecule is Cc1cccc(C)c1-c1cc(-c2c(C)cccc2C)cc(N2c3ccccc3B3c4c(cccc42)-c2cccc4c2n3c2c3cccc5c3n(c42)C2c3ccccc3N(c3cc(-c4c(C)cccc4C)cc(-c4c(C)cccc4C)c3)c3cccc-5c32)c1. The van der Waals surface area contributed by atoms with Gasteiger partial charge in [-0.1, -0.05) is 170 Å². The van der Waals surface area contributed by atoms with Gasteiger partial charge >= 0.3 is 6.85 Å². The monoisotopic (exact) mass is 1130 g/mol. The highest BCUT2D eigenvalue weighted by Gasteiger charge is 2.46. The second kappa shape index (κ2) is 18.6. The molecular formula is C83H63BN4. The molecule has 0 amide bonds. The number of rotatable bonds is 6. The van der Waals surface area contributed by atoms with Crippen molar-refractivity contribution in [1.82, 2.24) is 9.05 Å². The molecule has 0 saturated heterocycles. The van der Waals surface area contributed by atoms with E-state index in [1.54, 1.807) is 0 Å². The number of benzene rings is 12. The summed E-state index contributed by atoms with van der Waals surface area (Å²) >= 11 is 0. The molecule has 0 radical (unpaired) electrons. The van der Waals surface area contributed by atoms with Crippen LogP contribution in [-0.4, -0.2) is 15.9 Å². The van der Waals surface area contributed by atoms with Crippen molar-refractivity contribution in [2.45, 2.75) is 61.4 Å². The molecule has 0 aliphatic carbocycles. The van der Waals surface area contributed by atoms with Gasteiger partial charge in [0.05, 0.1) is 34.0 Å². The average Bonchev–Trinajstić information content (AvgIpc) is 1.45. The third-order valence-electron chi connectivity index (χ3n) is 20.4. The Morgan fingerprint density at radius 1 is 0.307 bits per heavy atom. The lowest BCUT2D eigenvalue weighted by molar-refractivity contribution is 0.713. The summed E-state index contributed by atoms with van der Waals surface area (Å²) in [6.07, 6.45) is 0. The van der Waals surface area contributed by atoms with Crippen LogP contribution in [0.5, 0.6) is 0 Å². The van der Waals surface area contributed by atoms with Crippen LogP contribution in [-0.2, 0) is 0 Å². The smallest absolute Gasteiger partial charge is 0.333 e. The van der Waals surface area contributed by atoms with Crippen molar-refractivity contribution in [3.8, 4) is 66.8 Å². The quantitative estimate of drug-likeness (QED) is 0.154. The van der Waals surface area contributed by atoms with Gasteiger partial charge in [-0.05, 0) is 227 Å². The van der Waals surface area contributed by atoms with Gasteiger partial charge in [-0.25, -0.2) is 0 Å². The molecule has 0 fully saturated rings. The summed E-state index contributed by atoms with van der Waals surface area (Å²) in [5, 5.41) is 2.57. The van der Waals surface area contributed by atoms with Crippen molar-refractivity contribution in [2.75, 3.05) is 9.80 Å². The molecule has 4 aliphatic rings. The molecule has 1 unspecified atom stereocenters. The molecular weight excluding hydrogens is 1060 g/mol. The van der Waals surface area contributed by atoms with Crippen molar-refractivity contribution in [3.05, 3.63) is 286 Å². The highest BCUT2D eigenvalue weighted by molar-refractivity contribution is 6.90. The van der Waals surface area contributed by atoms with Crippen LogP contribution in [0.15, 0.2) is 231 Å². The summed E-state index contributed by atoms with van der Waals surface area (Å²) in [4.78, 5) is 5.18. The standard InChI is InChI=1S/C83H63BN4/c1-47-21-13-22-48(2)73(47)55-41-56(74-49(3)23-14-24-50(74)4)44-59(43-55)85-69-37-11-9-29-65(69)81-77-61(30-19-39-71(77)85)63-32-17-34-66-79(63)87(81)82-67-35-18-33-64-62-31-20-40-72-78(62)84(88(80(64)67)83(66)82)68-36-10-12-38-70(68)86(72)60-45-57(75-51(5)25-15-26-52(75)6)42-58(46-60)76-53(7)27-16-28-54(76)8/h9-46,81H,1-8H3. The molecule has 0 saturated carbocycles. The molecule has 418 valence electrons. The topological polar surface area (TPSA) is 16.3 Å². The summed E-state index contributed by atoms with van der Waals surface area (Å²) in [6, 6.07) is 88.4. The lowest BCUT2D eigenvalue weighted by Gasteiger charge is -2.42. The van der Waals surface area contributed by atoms with Gasteiger partial charge < -0.3 is 18.8 Å². The van der Waals surface area contributed by atoms with Crippen LogP contribution >= 0.6 is 0 Å². The Kier molecular flexibility index (Phi) is 10.8. The lowest BCUT2D eigenvalue weighted by atomic mass is 9.45. The minimum absolute atomic E-state index is 0.112. The average molecular weight is 1130 g/mol. The molecule has 0 N–H and O–H groups in total. The molecule has 0 spiro atoms. The van der Waals surface area contributed by atoms with E-state index < -0.39 is 0 Å². The maximum atomic E-state index is 2.78. The third-order valence-corrected chi connectivity index (χ3v) is 20.4. The van der Waals surface area contributed by atoms with Gasteiger partial charge in [0.15, 0.2) is 0 Å². The van der Waals surface area contributed by atoms with Crippen LogP contribution < -0.4 is 20.7 Å². The molecule has 4 nitrogen and oxygen atoms in total. The number of aromatic nitrogens is 2. The predicted molar refractivity (Wildman–Crippen MR) is 372 cm³/mol. The van der Waals surface area contributed by atoms with Gasteiger partial charge in [-0.3, -0.25) is 0 Å². The number of nitrogens with zero attached hydrogens (tertiary/aromatic N) is 4. The van der Waals surface area contributed by atoms with E-state index in [2.05, 4.69) is 305 Å². The zero-order chi connectivity index (χ0) is 59.1. The molecule has 5 heteroatoms. The Balaban J connectivity index is 0.881. The van der Waals surface area contributed by atoms with Gasteiger partial charge in [0.1, 0.15) is 0 Å². The first-order valence-electron chi connectivity index (χ1n) is 31.2. The number of anilines is 6. The third kappa shape index (κ3) is 6.87. The molecule has 88 heavy (non-hydrogen) atoms. The highest BCUT2D eigenvalue weighted by Crippen LogP contribution is 2.60. The lowest BCUT2D eigenvalue weighted by Crippen LogP contribution is -2.56. The zero-order valence-corrected chi connectivity index (χ0v) is 50.9. The van der Waals surface area contributed by atoms with E-state index in [1.165, 1.54) is 189 Å². The van der Waals surface area contributed by atoms with Crippen molar-refractivity contribution in [1.29, 1.82) is 0 Å². The predicted octanol–water partition coefficient (Wildman–Crippen LogP) is 20.7. The van der Waals surface area contributed by atoms with E-state index in [1.807, 2.05) is 0 Å². The van der Waals surface area contributed by atoms with Crippen molar-refractivity contribution in [2.24, 2.45) is 0 Å². The number of aryl methyl sites for hydroxylation is 8. The van der Waals surface area contributed by atoms with Gasteiger partial charge in [-0.2, -0.15) is 0 Å². The first-order valence-corrected chi connectivity index (χ1v) is 31.2. The Morgan fingerprint density at radius 2 is 0.705 bits per heavy atom. The summed E-state index contributed by atoms with van der Waals surface area (Å²) in [5.74, 6) is 0. The molecule has 18 rings (SSSR count). The van der Waals surface area contributed by atoms with Crippen molar-refractivity contribution < 1.29 is 0 Å². The van der Waals surface area contributed by atoms with E-state index in [0.29, 0.717) is 0 Å². The molecule has 2 aromatic heterocycles. The van der Waals surface area contributed by atoms with Crippen LogP contribution in [0.4, 0.5) is 34.1 Å². The maximum absolute atomic E-state index is 2.78. The van der Waals surface area contributed by atoms with E-state index in [-0.39, 0.29) is 12.9 Å². The Hall–Kier alpha value is -10.4. The van der Waals surface area contributed by atoms with Gasteiger partial charge in [0.25, 0.3) is 0 Å². The van der Waals surface area contributed by atoms with Crippen molar-refractivity contribution in [3.63, 3.8) is 0 Å². The second-order valence-electron chi connectivity index (χ2n) is 25.5. The van der Waals surface area contributed by atoms with Gasteiger partial charge in [-0.15, -0.1) is 0 Å². The molecule has 4 aliphatic heterocycles. The number of para-hydroxylation sites is 4. The zero-order valence-electron chi connectivity index (χ0n) is 50.9. The molecule has 6 heterocycles. The first-order chi connectivity index (χ1) is 43.0.